The monoisotopic (exact) mass is 397 g/mol. The van der Waals surface area contributed by atoms with E-state index in [4.69, 9.17) is 21.7 Å². The number of carbonyl (C=O) groups excluding carboxylic acids is 2. The van der Waals surface area contributed by atoms with Crippen molar-refractivity contribution in [2.45, 2.75) is 0 Å². The first-order valence-electron chi connectivity index (χ1n) is 7.99. The summed E-state index contributed by atoms with van der Waals surface area (Å²) in [5.41, 5.74) is 0.653. The van der Waals surface area contributed by atoms with Gasteiger partial charge < -0.3 is 9.47 Å². The number of thiocarbonyl (C=S) groups is 1. The molecule has 1 saturated heterocycles. The molecule has 1 fully saturated rings. The number of amides is 2. The lowest BCUT2D eigenvalue weighted by Gasteiger charge is -2.15. The fraction of sp³-hybridized carbons (Fsp3) is 0.0556. The van der Waals surface area contributed by atoms with Crippen LogP contribution in [0.25, 0.3) is 6.08 Å². The molecular formula is C18H11N3O6S. The van der Waals surface area contributed by atoms with E-state index in [9.17, 15) is 19.7 Å². The predicted molar refractivity (Wildman–Crippen MR) is 101 cm³/mol. The van der Waals surface area contributed by atoms with E-state index in [-0.39, 0.29) is 28.9 Å². The molecule has 0 unspecified atom stereocenters. The third-order valence-corrected chi connectivity index (χ3v) is 4.41. The van der Waals surface area contributed by atoms with Crippen molar-refractivity contribution in [1.29, 1.82) is 0 Å². The minimum Gasteiger partial charge on any atom is -0.454 e. The van der Waals surface area contributed by atoms with Crippen molar-refractivity contribution in [3.63, 3.8) is 0 Å². The fourth-order valence-electron chi connectivity index (χ4n) is 2.78. The number of benzene rings is 2. The Morgan fingerprint density at radius 1 is 1.18 bits per heavy atom. The van der Waals surface area contributed by atoms with Gasteiger partial charge in [-0.25, -0.2) is 4.90 Å². The third-order valence-electron chi connectivity index (χ3n) is 4.13. The molecule has 0 bridgehead atoms. The number of fused-ring (bicyclic) bond motifs is 1. The van der Waals surface area contributed by atoms with Crippen LogP contribution in [0.15, 0.2) is 48.2 Å². The fourth-order valence-corrected chi connectivity index (χ4v) is 3.05. The largest absolute Gasteiger partial charge is 0.454 e. The minimum atomic E-state index is -0.578. The summed E-state index contributed by atoms with van der Waals surface area (Å²) in [4.78, 5) is 36.4. The summed E-state index contributed by atoms with van der Waals surface area (Å²) in [6, 6.07) is 10.1. The number of nitro groups is 1. The van der Waals surface area contributed by atoms with Crippen molar-refractivity contribution >= 4 is 40.9 Å². The van der Waals surface area contributed by atoms with Crippen molar-refractivity contribution in [2.24, 2.45) is 0 Å². The maximum atomic E-state index is 12.9. The molecule has 0 spiro atoms. The summed E-state index contributed by atoms with van der Waals surface area (Å²) < 4.78 is 10.6. The zero-order chi connectivity index (χ0) is 19.8. The van der Waals surface area contributed by atoms with Crippen LogP contribution in [-0.2, 0) is 4.79 Å². The number of non-ortho nitro benzene ring substituents is 1. The Kier molecular flexibility index (Phi) is 4.24. The van der Waals surface area contributed by atoms with Gasteiger partial charge in [-0.15, -0.1) is 0 Å². The first-order chi connectivity index (χ1) is 13.4. The summed E-state index contributed by atoms with van der Waals surface area (Å²) in [7, 11) is 0. The van der Waals surface area contributed by atoms with Crippen LogP contribution in [0, 0.1) is 10.1 Å². The molecule has 2 aromatic carbocycles. The van der Waals surface area contributed by atoms with Gasteiger partial charge in [0.2, 0.25) is 6.79 Å². The highest BCUT2D eigenvalue weighted by molar-refractivity contribution is 7.80. The number of carbonyl (C=O) groups is 2. The maximum Gasteiger partial charge on any atom is 0.274 e. The highest BCUT2D eigenvalue weighted by atomic mass is 32.1. The van der Waals surface area contributed by atoms with E-state index < -0.39 is 16.7 Å². The number of nitrogens with one attached hydrogen (secondary N) is 1. The lowest BCUT2D eigenvalue weighted by molar-refractivity contribution is -0.384. The smallest absolute Gasteiger partial charge is 0.274 e. The molecule has 0 radical (unpaired) electrons. The molecule has 9 nitrogen and oxygen atoms in total. The van der Waals surface area contributed by atoms with Crippen LogP contribution in [-0.4, -0.2) is 33.5 Å². The Labute approximate surface area is 163 Å². The van der Waals surface area contributed by atoms with E-state index in [0.717, 1.165) is 4.90 Å². The Hall–Kier alpha value is -3.79. The Bertz CT molecular complexity index is 1060. The molecule has 0 atom stereocenters. The Balaban J connectivity index is 1.68. The molecule has 10 heteroatoms. The number of ether oxygens (including phenoxy) is 2. The summed E-state index contributed by atoms with van der Waals surface area (Å²) in [6.07, 6.45) is 1.50. The standard InChI is InChI=1S/C18H11N3O6S/c22-16-13(7-10-1-6-14-15(8-10)27-9-26-14)20(18(28)19-16)17(23)11-2-4-12(5-3-11)21(24)25/h1-8H,9H2,(H,19,22,28)/b13-7+. The van der Waals surface area contributed by atoms with Crippen molar-refractivity contribution in [2.75, 3.05) is 6.79 Å². The van der Waals surface area contributed by atoms with Gasteiger partial charge in [-0.2, -0.15) is 0 Å². The molecular weight excluding hydrogens is 386 g/mol. The van der Waals surface area contributed by atoms with Crippen LogP contribution in [0.4, 0.5) is 5.69 Å². The molecule has 0 saturated carbocycles. The maximum absolute atomic E-state index is 12.9. The Morgan fingerprint density at radius 2 is 1.89 bits per heavy atom. The second-order valence-electron chi connectivity index (χ2n) is 5.85. The van der Waals surface area contributed by atoms with Gasteiger partial charge in [0.15, 0.2) is 16.6 Å². The van der Waals surface area contributed by atoms with Gasteiger partial charge in [-0.3, -0.25) is 25.0 Å². The highest BCUT2D eigenvalue weighted by Crippen LogP contribution is 2.33. The summed E-state index contributed by atoms with van der Waals surface area (Å²) in [5, 5.41) is 13.1. The first kappa shape index (κ1) is 17.6. The van der Waals surface area contributed by atoms with E-state index in [1.54, 1.807) is 18.2 Å². The zero-order valence-electron chi connectivity index (χ0n) is 14.1. The molecule has 2 aromatic rings. The van der Waals surface area contributed by atoms with E-state index >= 15 is 0 Å². The van der Waals surface area contributed by atoms with Crippen LogP contribution in [0.2, 0.25) is 0 Å². The van der Waals surface area contributed by atoms with Gasteiger partial charge in [0.1, 0.15) is 5.70 Å². The molecule has 28 heavy (non-hydrogen) atoms. The summed E-state index contributed by atoms with van der Waals surface area (Å²) in [5.74, 6) is 0.0131. The first-order valence-corrected chi connectivity index (χ1v) is 8.40. The number of hydrogen-bond donors (Lipinski definition) is 1. The van der Waals surface area contributed by atoms with Gasteiger partial charge in [-0.1, -0.05) is 6.07 Å². The lowest BCUT2D eigenvalue weighted by Crippen LogP contribution is -2.33. The topological polar surface area (TPSA) is 111 Å². The van der Waals surface area contributed by atoms with E-state index in [1.165, 1.54) is 30.3 Å². The van der Waals surface area contributed by atoms with Gasteiger partial charge in [-0.05, 0) is 48.1 Å². The number of rotatable bonds is 3. The summed E-state index contributed by atoms with van der Waals surface area (Å²) >= 11 is 5.11. The number of hydrogen-bond acceptors (Lipinski definition) is 7. The van der Waals surface area contributed by atoms with Gasteiger partial charge in [0.05, 0.1) is 4.92 Å². The molecule has 2 aliphatic heterocycles. The van der Waals surface area contributed by atoms with Crippen LogP contribution >= 0.6 is 12.2 Å². The van der Waals surface area contributed by atoms with Crippen molar-refractivity contribution in [3.8, 4) is 11.5 Å². The molecule has 0 aliphatic carbocycles. The van der Waals surface area contributed by atoms with Crippen LogP contribution in [0.1, 0.15) is 15.9 Å². The number of nitrogens with zero attached hydrogens (tertiary/aromatic N) is 2. The molecule has 2 heterocycles. The molecule has 2 amide bonds. The quantitative estimate of drug-likeness (QED) is 0.366. The Morgan fingerprint density at radius 3 is 2.61 bits per heavy atom. The minimum absolute atomic E-state index is 0.0345. The molecule has 140 valence electrons. The summed E-state index contributed by atoms with van der Waals surface area (Å²) in [6.45, 7) is 0.116. The van der Waals surface area contributed by atoms with Crippen molar-refractivity contribution in [1.82, 2.24) is 10.2 Å². The second kappa shape index (κ2) is 6.74. The SMILES string of the molecule is O=C1NC(=S)N(C(=O)c2ccc([N+](=O)[O-])cc2)/C1=C/c1ccc2c(c1)OCO2. The van der Waals surface area contributed by atoms with E-state index in [0.29, 0.717) is 17.1 Å². The molecule has 1 N–H and O–H groups in total. The predicted octanol–water partition coefficient (Wildman–Crippen LogP) is 2.22. The molecule has 2 aliphatic rings. The molecule has 4 rings (SSSR count). The van der Waals surface area contributed by atoms with Gasteiger partial charge in [0, 0.05) is 17.7 Å². The average molecular weight is 397 g/mol. The highest BCUT2D eigenvalue weighted by Gasteiger charge is 2.35. The van der Waals surface area contributed by atoms with Crippen LogP contribution in [0.3, 0.4) is 0 Å². The normalized spacial score (nSPS) is 16.4. The van der Waals surface area contributed by atoms with Crippen molar-refractivity contribution < 1.29 is 24.0 Å². The van der Waals surface area contributed by atoms with Crippen molar-refractivity contribution in [3.05, 3.63) is 69.4 Å². The van der Waals surface area contributed by atoms with Gasteiger partial charge in [0.25, 0.3) is 17.5 Å². The van der Waals surface area contributed by atoms with Crippen LogP contribution < -0.4 is 14.8 Å². The zero-order valence-corrected chi connectivity index (χ0v) is 14.9. The van der Waals surface area contributed by atoms with Gasteiger partial charge >= 0.3 is 0 Å². The second-order valence-corrected chi connectivity index (χ2v) is 6.23. The number of nitro benzene ring substituents is 1. The molecule has 0 aromatic heterocycles. The van der Waals surface area contributed by atoms with E-state index in [1.807, 2.05) is 0 Å². The third kappa shape index (κ3) is 3.05. The average Bonchev–Trinajstić information content (AvgIpc) is 3.25. The van der Waals surface area contributed by atoms with Crippen LogP contribution in [0.5, 0.6) is 11.5 Å². The lowest BCUT2D eigenvalue weighted by atomic mass is 10.1. The van der Waals surface area contributed by atoms with E-state index in [2.05, 4.69) is 5.32 Å².